The van der Waals surface area contributed by atoms with Gasteiger partial charge < -0.3 is 0 Å². The lowest BCUT2D eigenvalue weighted by Crippen LogP contribution is -2.02. The highest BCUT2D eigenvalue weighted by Crippen LogP contribution is 2.26. The maximum atomic E-state index is 13.1. The average molecular weight is 456 g/mol. The number of halogens is 2. The standard InChI is InChI=1S/C21H18F2N6O2S/c1-12-6-13(8-14(7-12)21(30)28-32(2,3)31)16-9-17(26-11-25-16)18-10-24-19-5-4-15(20(22)23)27-29(18)19/h4-11,20H,1-3H3. The zero-order valence-electron chi connectivity index (χ0n) is 17.4. The Hall–Kier alpha value is -3.60. The summed E-state index contributed by atoms with van der Waals surface area (Å²) in [5.74, 6) is -0.579. The number of hydrogen-bond donors (Lipinski definition) is 0. The van der Waals surface area contributed by atoms with E-state index in [1.165, 1.54) is 41.7 Å². The Labute approximate surface area is 182 Å². The Morgan fingerprint density at radius 3 is 2.53 bits per heavy atom. The van der Waals surface area contributed by atoms with E-state index in [4.69, 9.17) is 0 Å². The van der Waals surface area contributed by atoms with Crippen molar-refractivity contribution in [2.75, 3.05) is 12.5 Å². The summed E-state index contributed by atoms with van der Waals surface area (Å²) < 4.78 is 43.1. The number of benzene rings is 1. The number of hydrogen-bond acceptors (Lipinski definition) is 6. The molecule has 4 aromatic rings. The Morgan fingerprint density at radius 2 is 1.81 bits per heavy atom. The predicted octanol–water partition coefficient (Wildman–Crippen LogP) is 3.97. The largest absolute Gasteiger partial charge is 0.285 e. The van der Waals surface area contributed by atoms with Crippen LogP contribution in [0.4, 0.5) is 8.78 Å². The van der Waals surface area contributed by atoms with E-state index in [0.29, 0.717) is 28.3 Å². The molecule has 3 aromatic heterocycles. The number of nitrogens with zero attached hydrogens (tertiary/aromatic N) is 6. The molecule has 32 heavy (non-hydrogen) atoms. The van der Waals surface area contributed by atoms with Crippen molar-refractivity contribution in [3.8, 4) is 22.6 Å². The van der Waals surface area contributed by atoms with Crippen LogP contribution in [-0.2, 0) is 9.73 Å². The van der Waals surface area contributed by atoms with Crippen LogP contribution in [0.3, 0.4) is 0 Å². The molecule has 0 saturated carbocycles. The first kappa shape index (κ1) is 21.6. The van der Waals surface area contributed by atoms with Crippen LogP contribution in [0, 0.1) is 6.92 Å². The van der Waals surface area contributed by atoms with Crippen LogP contribution < -0.4 is 0 Å². The molecule has 164 valence electrons. The van der Waals surface area contributed by atoms with Gasteiger partial charge in [0.1, 0.15) is 17.7 Å². The number of imidazole rings is 1. The van der Waals surface area contributed by atoms with Crippen molar-refractivity contribution in [1.82, 2.24) is 24.6 Å². The lowest BCUT2D eigenvalue weighted by atomic mass is 10.0. The molecule has 3 heterocycles. The molecule has 0 N–H and O–H groups in total. The maximum Gasteiger partial charge on any atom is 0.285 e. The minimum Gasteiger partial charge on any atom is -0.266 e. The molecule has 4 rings (SSSR count). The summed E-state index contributed by atoms with van der Waals surface area (Å²) in [7, 11) is -2.60. The van der Waals surface area contributed by atoms with Gasteiger partial charge in [-0.3, -0.25) is 4.79 Å². The summed E-state index contributed by atoms with van der Waals surface area (Å²) in [5.41, 5.74) is 3.07. The quantitative estimate of drug-likeness (QED) is 0.460. The van der Waals surface area contributed by atoms with Gasteiger partial charge in [0, 0.05) is 33.4 Å². The van der Waals surface area contributed by atoms with Gasteiger partial charge in [0.05, 0.1) is 17.6 Å². The predicted molar refractivity (Wildman–Crippen MR) is 116 cm³/mol. The van der Waals surface area contributed by atoms with Crippen LogP contribution in [0.2, 0.25) is 0 Å². The number of alkyl halides is 2. The Balaban J connectivity index is 1.79. The van der Waals surface area contributed by atoms with E-state index in [0.717, 1.165) is 5.56 Å². The van der Waals surface area contributed by atoms with Gasteiger partial charge in [-0.15, -0.1) is 0 Å². The highest BCUT2D eigenvalue weighted by Gasteiger charge is 2.15. The topological polar surface area (TPSA) is 102 Å². The molecule has 0 fully saturated rings. The molecular formula is C21H18F2N6O2S. The summed E-state index contributed by atoms with van der Waals surface area (Å²) in [6.07, 6.45) is 2.89. The summed E-state index contributed by atoms with van der Waals surface area (Å²) in [6.45, 7) is 1.82. The fourth-order valence-electron chi connectivity index (χ4n) is 3.14. The van der Waals surface area contributed by atoms with Gasteiger partial charge in [-0.25, -0.2) is 32.5 Å². The molecule has 1 aromatic carbocycles. The highest BCUT2D eigenvalue weighted by atomic mass is 32.2. The monoisotopic (exact) mass is 456 g/mol. The molecule has 0 spiro atoms. The van der Waals surface area contributed by atoms with E-state index >= 15 is 0 Å². The molecule has 8 nitrogen and oxygen atoms in total. The third kappa shape index (κ3) is 4.52. The molecule has 0 unspecified atom stereocenters. The molecule has 11 heteroatoms. The fourth-order valence-corrected chi connectivity index (χ4v) is 3.65. The van der Waals surface area contributed by atoms with Gasteiger partial charge in [-0.05, 0) is 48.9 Å². The summed E-state index contributed by atoms with van der Waals surface area (Å²) in [4.78, 5) is 25.1. The zero-order valence-corrected chi connectivity index (χ0v) is 18.2. The Morgan fingerprint density at radius 1 is 1.06 bits per heavy atom. The average Bonchev–Trinajstić information content (AvgIpc) is 3.15. The van der Waals surface area contributed by atoms with Gasteiger partial charge >= 0.3 is 0 Å². The smallest absolute Gasteiger partial charge is 0.266 e. The maximum absolute atomic E-state index is 13.1. The normalized spacial score (nSPS) is 11.8. The van der Waals surface area contributed by atoms with E-state index in [1.54, 1.807) is 18.2 Å². The highest BCUT2D eigenvalue weighted by molar-refractivity contribution is 7.92. The van der Waals surface area contributed by atoms with Gasteiger partial charge in [-0.2, -0.15) is 9.46 Å². The minimum absolute atomic E-state index is 0.287. The van der Waals surface area contributed by atoms with Crippen molar-refractivity contribution < 1.29 is 17.8 Å². The molecule has 0 aliphatic rings. The van der Waals surface area contributed by atoms with Gasteiger partial charge in [-0.1, -0.05) is 0 Å². The van der Waals surface area contributed by atoms with Crippen LogP contribution in [0.25, 0.3) is 28.3 Å². The Kier molecular flexibility index (Phi) is 5.51. The van der Waals surface area contributed by atoms with Crippen molar-refractivity contribution in [2.24, 2.45) is 4.36 Å². The van der Waals surface area contributed by atoms with E-state index in [-0.39, 0.29) is 11.3 Å². The first-order valence-corrected chi connectivity index (χ1v) is 11.7. The second-order valence-corrected chi connectivity index (χ2v) is 9.97. The lowest BCUT2D eigenvalue weighted by Gasteiger charge is -2.07. The minimum atomic E-state index is -2.72. The van der Waals surface area contributed by atoms with Crippen LogP contribution in [0.5, 0.6) is 0 Å². The van der Waals surface area contributed by atoms with E-state index in [9.17, 15) is 17.8 Å². The van der Waals surface area contributed by atoms with Crippen molar-refractivity contribution >= 4 is 21.3 Å². The second-order valence-electron chi connectivity index (χ2n) is 7.43. The SMILES string of the molecule is Cc1cc(C(=O)N=S(C)(C)=O)cc(-c2cc(-c3cnc4ccc(C(F)F)nn34)ncn2)c1. The molecule has 0 radical (unpaired) electrons. The van der Waals surface area contributed by atoms with E-state index in [1.807, 2.05) is 13.0 Å². The third-order valence-corrected chi connectivity index (χ3v) is 5.06. The number of rotatable bonds is 4. The first-order valence-electron chi connectivity index (χ1n) is 9.39. The second kappa shape index (κ2) is 8.15. The number of amides is 1. The number of carbonyl (C=O) groups excluding carboxylic acids is 1. The van der Waals surface area contributed by atoms with Crippen molar-refractivity contribution in [2.45, 2.75) is 13.3 Å². The molecule has 0 saturated heterocycles. The first-order chi connectivity index (χ1) is 15.1. The molecule has 0 atom stereocenters. The molecular weight excluding hydrogens is 438 g/mol. The van der Waals surface area contributed by atoms with Crippen molar-refractivity contribution in [3.63, 3.8) is 0 Å². The summed E-state index contributed by atoms with van der Waals surface area (Å²) >= 11 is 0. The van der Waals surface area contributed by atoms with Crippen molar-refractivity contribution in [1.29, 1.82) is 0 Å². The van der Waals surface area contributed by atoms with Crippen LogP contribution in [-0.4, -0.2) is 47.2 Å². The molecule has 1 amide bonds. The van der Waals surface area contributed by atoms with Crippen LogP contribution in [0.1, 0.15) is 28.0 Å². The van der Waals surface area contributed by atoms with Gasteiger partial charge in [0.2, 0.25) is 0 Å². The van der Waals surface area contributed by atoms with Gasteiger partial charge in [0.25, 0.3) is 12.3 Å². The number of fused-ring (bicyclic) bond motifs is 1. The summed E-state index contributed by atoms with van der Waals surface area (Å²) in [6, 6.07) is 9.44. The Bertz CT molecular complexity index is 1470. The number of aromatic nitrogens is 5. The van der Waals surface area contributed by atoms with Gasteiger partial charge in [0.15, 0.2) is 5.65 Å². The zero-order chi connectivity index (χ0) is 23.0. The molecule has 0 aliphatic carbocycles. The van der Waals surface area contributed by atoms with Crippen LogP contribution >= 0.6 is 0 Å². The molecule has 0 bridgehead atoms. The molecule has 0 aliphatic heterocycles. The summed E-state index contributed by atoms with van der Waals surface area (Å²) in [5, 5.41) is 3.96. The lowest BCUT2D eigenvalue weighted by molar-refractivity contribution is 0.100. The van der Waals surface area contributed by atoms with Crippen LogP contribution in [0.15, 0.2) is 53.3 Å². The number of aryl methyl sites for hydroxylation is 1. The third-order valence-electron chi connectivity index (χ3n) is 4.46. The van der Waals surface area contributed by atoms with Crippen molar-refractivity contribution in [3.05, 3.63) is 65.7 Å². The van der Waals surface area contributed by atoms with E-state index in [2.05, 4.69) is 24.4 Å². The number of carbonyl (C=O) groups is 1. The van der Waals surface area contributed by atoms with E-state index < -0.39 is 22.1 Å². The fraction of sp³-hybridized carbons (Fsp3) is 0.190.